The number of rotatable bonds is 4. The highest BCUT2D eigenvalue weighted by Gasteiger charge is 2.23. The Kier molecular flexibility index (Phi) is 5.21. The molecule has 1 saturated heterocycles. The molecule has 6 heteroatoms. The SMILES string of the molecule is CC(=O)c1c(N2CCN(c3ccccc3)CC2)[nH]c(-c2ccccc2)nc1=S. The first-order valence-electron chi connectivity index (χ1n) is 9.39. The summed E-state index contributed by atoms with van der Waals surface area (Å²) >= 11 is 5.48. The number of hydrogen-bond donors (Lipinski definition) is 1. The molecule has 1 aliphatic rings. The van der Waals surface area contributed by atoms with Crippen molar-refractivity contribution in [3.8, 4) is 11.4 Å². The van der Waals surface area contributed by atoms with Crippen molar-refractivity contribution in [1.29, 1.82) is 0 Å². The lowest BCUT2D eigenvalue weighted by molar-refractivity contribution is 0.101. The maximum Gasteiger partial charge on any atom is 0.166 e. The molecule has 3 aromatic rings. The topological polar surface area (TPSA) is 52.2 Å². The van der Waals surface area contributed by atoms with Gasteiger partial charge in [-0.2, -0.15) is 0 Å². The molecule has 0 amide bonds. The predicted molar refractivity (Wildman–Crippen MR) is 116 cm³/mol. The van der Waals surface area contributed by atoms with Gasteiger partial charge in [0.15, 0.2) is 5.78 Å². The van der Waals surface area contributed by atoms with E-state index in [1.54, 1.807) is 6.92 Å². The standard InChI is InChI=1S/C22H22N4OS/c1-16(27)19-21(23-20(24-22(19)28)17-8-4-2-5-9-17)26-14-12-25(13-15-26)18-10-6-3-7-11-18/h2-11H,12-15H2,1H3,(H,23,24,28). The molecule has 0 spiro atoms. The fourth-order valence-corrected chi connectivity index (χ4v) is 3.91. The van der Waals surface area contributed by atoms with Crippen LogP contribution in [0, 0.1) is 4.64 Å². The molecule has 1 N–H and O–H groups in total. The molecule has 1 fully saturated rings. The molecule has 0 atom stereocenters. The molecule has 2 aromatic carbocycles. The first-order valence-corrected chi connectivity index (χ1v) is 9.80. The molecular weight excluding hydrogens is 368 g/mol. The minimum absolute atomic E-state index is 0.0612. The van der Waals surface area contributed by atoms with Crippen molar-refractivity contribution >= 4 is 29.5 Å². The van der Waals surface area contributed by atoms with Crippen LogP contribution in [-0.4, -0.2) is 41.9 Å². The first kappa shape index (κ1) is 18.4. The lowest BCUT2D eigenvalue weighted by Gasteiger charge is -2.37. The molecule has 2 heterocycles. The quantitative estimate of drug-likeness (QED) is 0.531. The van der Waals surface area contributed by atoms with Gasteiger partial charge in [0, 0.05) is 37.4 Å². The van der Waals surface area contributed by atoms with Gasteiger partial charge in [0.25, 0.3) is 0 Å². The Labute approximate surface area is 169 Å². The van der Waals surface area contributed by atoms with E-state index in [1.807, 2.05) is 36.4 Å². The van der Waals surface area contributed by atoms with Crippen LogP contribution in [0.2, 0.25) is 0 Å². The van der Waals surface area contributed by atoms with Gasteiger partial charge in [-0.05, 0) is 19.1 Å². The number of anilines is 2. The molecule has 5 nitrogen and oxygen atoms in total. The molecule has 0 unspecified atom stereocenters. The van der Waals surface area contributed by atoms with Crippen molar-refractivity contribution in [2.75, 3.05) is 36.0 Å². The summed E-state index contributed by atoms with van der Waals surface area (Å²) in [6.45, 7) is 4.92. The highest BCUT2D eigenvalue weighted by atomic mass is 32.1. The van der Waals surface area contributed by atoms with Crippen LogP contribution >= 0.6 is 12.2 Å². The van der Waals surface area contributed by atoms with Crippen molar-refractivity contribution in [3.05, 3.63) is 70.9 Å². The minimum atomic E-state index is -0.0612. The van der Waals surface area contributed by atoms with E-state index >= 15 is 0 Å². The van der Waals surface area contributed by atoms with Gasteiger partial charge in [0.1, 0.15) is 16.3 Å². The van der Waals surface area contributed by atoms with Crippen molar-refractivity contribution in [3.63, 3.8) is 0 Å². The van der Waals surface area contributed by atoms with E-state index in [4.69, 9.17) is 12.2 Å². The van der Waals surface area contributed by atoms with Gasteiger partial charge in [-0.25, -0.2) is 4.98 Å². The largest absolute Gasteiger partial charge is 0.368 e. The number of carbonyl (C=O) groups excluding carboxylic acids is 1. The Morgan fingerprint density at radius 2 is 1.50 bits per heavy atom. The Morgan fingerprint density at radius 3 is 2.11 bits per heavy atom. The fraction of sp³-hybridized carbons (Fsp3) is 0.227. The summed E-state index contributed by atoms with van der Waals surface area (Å²) in [5.74, 6) is 1.41. The molecular formula is C22H22N4OS. The number of H-pyrrole nitrogens is 1. The molecule has 1 aromatic heterocycles. The van der Waals surface area contributed by atoms with Crippen molar-refractivity contribution < 1.29 is 4.79 Å². The maximum atomic E-state index is 12.3. The second-order valence-corrected chi connectivity index (χ2v) is 7.23. The third kappa shape index (κ3) is 3.68. The number of piperazine rings is 1. The number of aromatic amines is 1. The van der Waals surface area contributed by atoms with Crippen molar-refractivity contribution in [2.24, 2.45) is 0 Å². The lowest BCUT2D eigenvalue weighted by Crippen LogP contribution is -2.47. The zero-order valence-electron chi connectivity index (χ0n) is 15.8. The highest BCUT2D eigenvalue weighted by Crippen LogP contribution is 2.26. The van der Waals surface area contributed by atoms with Gasteiger partial charge < -0.3 is 14.8 Å². The monoisotopic (exact) mass is 390 g/mol. The number of ketones is 1. The molecule has 0 radical (unpaired) electrons. The molecule has 0 saturated carbocycles. The Morgan fingerprint density at radius 1 is 0.929 bits per heavy atom. The molecule has 1 aliphatic heterocycles. The summed E-state index contributed by atoms with van der Waals surface area (Å²) in [5, 5.41) is 0. The van der Waals surface area contributed by atoms with E-state index in [9.17, 15) is 4.79 Å². The number of carbonyl (C=O) groups is 1. The van der Waals surface area contributed by atoms with Crippen molar-refractivity contribution in [1.82, 2.24) is 9.97 Å². The van der Waals surface area contributed by atoms with Gasteiger partial charge in [-0.1, -0.05) is 60.7 Å². The van der Waals surface area contributed by atoms with Gasteiger partial charge in [-0.3, -0.25) is 4.79 Å². The number of nitrogens with zero attached hydrogens (tertiary/aromatic N) is 3. The lowest BCUT2D eigenvalue weighted by atomic mass is 10.1. The second-order valence-electron chi connectivity index (χ2n) is 6.85. The van der Waals surface area contributed by atoms with E-state index in [-0.39, 0.29) is 5.78 Å². The number of hydrogen-bond acceptors (Lipinski definition) is 5. The minimum Gasteiger partial charge on any atom is -0.368 e. The predicted octanol–water partition coefficient (Wildman–Crippen LogP) is 4.34. The second kappa shape index (κ2) is 7.94. The van der Waals surface area contributed by atoms with Crippen LogP contribution in [0.25, 0.3) is 11.4 Å². The summed E-state index contributed by atoms with van der Waals surface area (Å²) in [6, 6.07) is 20.3. The molecule has 0 bridgehead atoms. The number of nitrogens with one attached hydrogen (secondary N) is 1. The van der Waals surface area contributed by atoms with Crippen LogP contribution in [0.4, 0.5) is 11.5 Å². The van der Waals surface area contributed by atoms with Crippen LogP contribution in [-0.2, 0) is 0 Å². The van der Waals surface area contributed by atoms with E-state index in [0.717, 1.165) is 37.6 Å². The summed E-state index contributed by atoms with van der Waals surface area (Å²) in [6.07, 6.45) is 0. The average Bonchev–Trinajstić information content (AvgIpc) is 2.74. The summed E-state index contributed by atoms with van der Waals surface area (Å²) in [4.78, 5) is 24.7. The number of aromatic nitrogens is 2. The number of benzene rings is 2. The number of para-hydroxylation sites is 1. The van der Waals surface area contributed by atoms with Crippen LogP contribution in [0.1, 0.15) is 17.3 Å². The van der Waals surface area contributed by atoms with Crippen LogP contribution in [0.5, 0.6) is 0 Å². The van der Waals surface area contributed by atoms with Crippen LogP contribution < -0.4 is 9.80 Å². The van der Waals surface area contributed by atoms with Gasteiger partial charge in [0.05, 0.1) is 5.56 Å². The van der Waals surface area contributed by atoms with Crippen molar-refractivity contribution in [2.45, 2.75) is 6.92 Å². The molecule has 4 rings (SSSR count). The Hall–Kier alpha value is -2.99. The normalized spacial score (nSPS) is 14.2. The average molecular weight is 391 g/mol. The van der Waals surface area contributed by atoms with E-state index in [1.165, 1.54) is 5.69 Å². The zero-order chi connectivity index (χ0) is 19.5. The fourth-order valence-electron chi connectivity index (χ4n) is 3.58. The smallest absolute Gasteiger partial charge is 0.166 e. The van der Waals surface area contributed by atoms with Gasteiger partial charge in [-0.15, -0.1) is 0 Å². The zero-order valence-corrected chi connectivity index (χ0v) is 16.6. The van der Waals surface area contributed by atoms with E-state index in [2.05, 4.69) is 44.0 Å². The number of Topliss-reactive ketones (excluding diaryl/α,β-unsaturated/α-hetero) is 1. The molecule has 142 valence electrons. The molecule has 0 aliphatic carbocycles. The maximum absolute atomic E-state index is 12.3. The Bertz CT molecular complexity index is 1030. The summed E-state index contributed by atoms with van der Waals surface area (Å²) in [5.41, 5.74) is 2.68. The molecule has 28 heavy (non-hydrogen) atoms. The summed E-state index contributed by atoms with van der Waals surface area (Å²) < 4.78 is 0.352. The third-order valence-corrected chi connectivity index (χ3v) is 5.31. The Balaban J connectivity index is 1.66. The first-order chi connectivity index (χ1) is 13.6. The van der Waals surface area contributed by atoms with E-state index < -0.39 is 0 Å². The highest BCUT2D eigenvalue weighted by molar-refractivity contribution is 7.71. The van der Waals surface area contributed by atoms with E-state index in [0.29, 0.717) is 16.0 Å². The third-order valence-electron chi connectivity index (χ3n) is 5.02. The van der Waals surface area contributed by atoms with Gasteiger partial charge >= 0.3 is 0 Å². The van der Waals surface area contributed by atoms with Gasteiger partial charge in [0.2, 0.25) is 0 Å². The summed E-state index contributed by atoms with van der Waals surface area (Å²) in [7, 11) is 0. The van der Waals surface area contributed by atoms with Crippen LogP contribution in [0.15, 0.2) is 60.7 Å². The van der Waals surface area contributed by atoms with Crippen LogP contribution in [0.3, 0.4) is 0 Å².